The Bertz CT molecular complexity index is 453. The van der Waals surface area contributed by atoms with Gasteiger partial charge in [-0.25, -0.2) is 0 Å². The zero-order valence-electron chi connectivity index (χ0n) is 11.1. The molecule has 1 atom stereocenters. The molecule has 0 spiro atoms. The third-order valence-electron chi connectivity index (χ3n) is 4.54. The Hall–Kier alpha value is -0.350. The molecule has 1 aromatic rings. The first-order valence-corrected chi connectivity index (χ1v) is 8.93. The minimum atomic E-state index is 0.253. The number of rotatable bonds is 2. The molecule has 2 heterocycles. The molecule has 4 heteroatoms. The molecule has 2 fully saturated rings. The Morgan fingerprint density at radius 3 is 2.63 bits per heavy atom. The zero-order chi connectivity index (χ0) is 13.2. The molecule has 1 aromatic heterocycles. The van der Waals surface area contributed by atoms with Gasteiger partial charge in [0.05, 0.1) is 8.66 Å². The van der Waals surface area contributed by atoms with E-state index in [9.17, 15) is 4.79 Å². The maximum atomic E-state index is 12.6. The van der Waals surface area contributed by atoms with Crippen LogP contribution in [0.15, 0.2) is 15.9 Å². The van der Waals surface area contributed by atoms with E-state index < -0.39 is 0 Å². The molecule has 0 radical (unpaired) electrons. The molecule has 2 aliphatic rings. The van der Waals surface area contributed by atoms with E-state index in [0.717, 1.165) is 21.1 Å². The lowest BCUT2D eigenvalue weighted by Gasteiger charge is -2.33. The second kappa shape index (κ2) is 5.96. The van der Waals surface area contributed by atoms with Crippen LogP contribution in [0.4, 0.5) is 0 Å². The van der Waals surface area contributed by atoms with E-state index in [-0.39, 0.29) is 5.91 Å². The Morgan fingerprint density at radius 2 is 1.95 bits per heavy atom. The molecule has 1 saturated carbocycles. The van der Waals surface area contributed by atoms with Gasteiger partial charge in [0.25, 0.3) is 5.91 Å². The summed E-state index contributed by atoms with van der Waals surface area (Å²) in [7, 11) is 0. The summed E-state index contributed by atoms with van der Waals surface area (Å²) in [5, 5.41) is 0. The van der Waals surface area contributed by atoms with Gasteiger partial charge in [-0.3, -0.25) is 4.79 Å². The molecule has 0 bridgehead atoms. The number of likely N-dealkylation sites (tertiary alicyclic amines) is 1. The van der Waals surface area contributed by atoms with Gasteiger partial charge in [0.2, 0.25) is 0 Å². The van der Waals surface area contributed by atoms with Gasteiger partial charge in [-0.15, -0.1) is 11.3 Å². The largest absolute Gasteiger partial charge is 0.335 e. The number of nitrogens with zero attached hydrogens (tertiary/aromatic N) is 1. The van der Waals surface area contributed by atoms with Crippen molar-refractivity contribution in [1.82, 2.24) is 4.90 Å². The van der Waals surface area contributed by atoms with Gasteiger partial charge in [-0.1, -0.05) is 19.3 Å². The number of hydrogen-bond donors (Lipinski definition) is 0. The Labute approximate surface area is 127 Å². The van der Waals surface area contributed by atoms with Crippen molar-refractivity contribution in [2.45, 2.75) is 51.0 Å². The highest BCUT2D eigenvalue weighted by atomic mass is 79.9. The van der Waals surface area contributed by atoms with Crippen molar-refractivity contribution in [2.24, 2.45) is 5.92 Å². The van der Waals surface area contributed by atoms with Gasteiger partial charge in [-0.05, 0) is 59.7 Å². The van der Waals surface area contributed by atoms with Gasteiger partial charge >= 0.3 is 0 Å². The van der Waals surface area contributed by atoms with E-state index in [0.29, 0.717) is 6.04 Å². The molecule has 0 aromatic carbocycles. The fraction of sp³-hybridized carbons (Fsp3) is 0.667. The van der Waals surface area contributed by atoms with E-state index in [4.69, 9.17) is 0 Å². The zero-order valence-corrected chi connectivity index (χ0v) is 13.5. The van der Waals surface area contributed by atoms with Crippen LogP contribution in [-0.4, -0.2) is 23.4 Å². The molecule has 3 rings (SSSR count). The second-order valence-electron chi connectivity index (χ2n) is 5.71. The average Bonchev–Trinajstić information content (AvgIpc) is 3.07. The number of amides is 1. The Morgan fingerprint density at radius 1 is 1.16 bits per heavy atom. The first-order chi connectivity index (χ1) is 9.25. The van der Waals surface area contributed by atoms with Gasteiger partial charge in [0.1, 0.15) is 0 Å². The quantitative estimate of drug-likeness (QED) is 0.763. The van der Waals surface area contributed by atoms with Crippen LogP contribution in [-0.2, 0) is 0 Å². The van der Waals surface area contributed by atoms with E-state index in [1.807, 2.05) is 12.1 Å². The maximum absolute atomic E-state index is 12.6. The maximum Gasteiger partial charge on any atom is 0.264 e. The minimum Gasteiger partial charge on any atom is -0.335 e. The molecule has 1 aliphatic carbocycles. The van der Waals surface area contributed by atoms with Crippen LogP contribution >= 0.6 is 27.3 Å². The van der Waals surface area contributed by atoms with E-state index in [2.05, 4.69) is 20.8 Å². The first kappa shape index (κ1) is 13.6. The molecule has 0 N–H and O–H groups in total. The average molecular weight is 342 g/mol. The summed E-state index contributed by atoms with van der Waals surface area (Å²) in [5.74, 6) is 1.01. The topological polar surface area (TPSA) is 20.3 Å². The van der Waals surface area contributed by atoms with E-state index >= 15 is 0 Å². The molecule has 104 valence electrons. The molecule has 19 heavy (non-hydrogen) atoms. The van der Waals surface area contributed by atoms with Crippen molar-refractivity contribution in [3.8, 4) is 0 Å². The van der Waals surface area contributed by atoms with Crippen LogP contribution in [0.1, 0.15) is 54.6 Å². The van der Waals surface area contributed by atoms with Crippen LogP contribution in [0.5, 0.6) is 0 Å². The molecular weight excluding hydrogens is 322 g/mol. The van der Waals surface area contributed by atoms with Crippen molar-refractivity contribution in [1.29, 1.82) is 0 Å². The number of hydrogen-bond acceptors (Lipinski definition) is 2. The number of thiophene rings is 1. The third-order valence-corrected chi connectivity index (χ3v) is 6.15. The number of carbonyl (C=O) groups excluding carboxylic acids is 1. The second-order valence-corrected chi connectivity index (χ2v) is 8.17. The van der Waals surface area contributed by atoms with Crippen molar-refractivity contribution in [2.75, 3.05) is 6.54 Å². The monoisotopic (exact) mass is 341 g/mol. The first-order valence-electron chi connectivity index (χ1n) is 7.32. The SMILES string of the molecule is O=C(c1ccc(Br)s1)N1CCCC1C1CCCCC1. The summed E-state index contributed by atoms with van der Waals surface area (Å²) in [6, 6.07) is 4.44. The smallest absolute Gasteiger partial charge is 0.264 e. The highest BCUT2D eigenvalue weighted by Gasteiger charge is 2.35. The molecule has 1 aliphatic heterocycles. The van der Waals surface area contributed by atoms with E-state index in [1.54, 1.807) is 11.3 Å². The van der Waals surface area contributed by atoms with Crippen LogP contribution in [0.2, 0.25) is 0 Å². The third kappa shape index (κ3) is 2.89. The summed E-state index contributed by atoms with van der Waals surface area (Å²) in [6.07, 6.45) is 9.13. The molecule has 2 nitrogen and oxygen atoms in total. The predicted molar refractivity (Wildman–Crippen MR) is 82.7 cm³/mol. The van der Waals surface area contributed by atoms with Crippen molar-refractivity contribution in [3.05, 3.63) is 20.8 Å². The summed E-state index contributed by atoms with van der Waals surface area (Å²) in [5.41, 5.74) is 0. The fourth-order valence-electron chi connectivity index (χ4n) is 3.62. The number of carbonyl (C=O) groups is 1. The fourth-order valence-corrected chi connectivity index (χ4v) is 4.97. The van der Waals surface area contributed by atoms with Gasteiger partial charge in [0.15, 0.2) is 0 Å². The van der Waals surface area contributed by atoms with Crippen molar-refractivity contribution < 1.29 is 4.79 Å². The van der Waals surface area contributed by atoms with Gasteiger partial charge in [-0.2, -0.15) is 0 Å². The van der Waals surface area contributed by atoms with Crippen LogP contribution in [0.3, 0.4) is 0 Å². The van der Waals surface area contributed by atoms with Crippen LogP contribution in [0, 0.1) is 5.92 Å². The highest BCUT2D eigenvalue weighted by Crippen LogP contribution is 2.35. The molecule has 1 saturated heterocycles. The standard InChI is InChI=1S/C15H20BrNOS/c16-14-9-8-13(19-14)15(18)17-10-4-7-12(17)11-5-2-1-3-6-11/h8-9,11-12H,1-7,10H2. The summed E-state index contributed by atoms with van der Waals surface area (Å²) in [4.78, 5) is 15.7. The summed E-state index contributed by atoms with van der Waals surface area (Å²) in [6.45, 7) is 0.954. The number of halogens is 1. The lowest BCUT2D eigenvalue weighted by Crippen LogP contribution is -2.40. The highest BCUT2D eigenvalue weighted by molar-refractivity contribution is 9.11. The minimum absolute atomic E-state index is 0.253. The summed E-state index contributed by atoms with van der Waals surface area (Å²) >= 11 is 5.01. The van der Waals surface area contributed by atoms with Gasteiger partial charge < -0.3 is 4.90 Å². The predicted octanol–water partition coefficient (Wildman–Crippen LogP) is 4.70. The summed E-state index contributed by atoms with van der Waals surface area (Å²) < 4.78 is 1.05. The molecular formula is C15H20BrNOS. The lowest BCUT2D eigenvalue weighted by molar-refractivity contribution is 0.0666. The van der Waals surface area contributed by atoms with Gasteiger partial charge in [0, 0.05) is 12.6 Å². The molecule has 1 unspecified atom stereocenters. The normalized spacial score (nSPS) is 24.9. The van der Waals surface area contributed by atoms with Crippen molar-refractivity contribution >= 4 is 33.2 Å². The van der Waals surface area contributed by atoms with E-state index in [1.165, 1.54) is 44.9 Å². The Balaban J connectivity index is 1.73. The molecule has 1 amide bonds. The van der Waals surface area contributed by atoms with Crippen LogP contribution < -0.4 is 0 Å². The van der Waals surface area contributed by atoms with Crippen LogP contribution in [0.25, 0.3) is 0 Å². The van der Waals surface area contributed by atoms with Crippen molar-refractivity contribution in [3.63, 3.8) is 0 Å². The lowest BCUT2D eigenvalue weighted by atomic mass is 9.83. The Kier molecular flexibility index (Phi) is 4.27.